The average Bonchev–Trinajstić information content (AvgIpc) is 2.79. The van der Waals surface area contributed by atoms with Crippen LogP contribution in [-0.4, -0.2) is 33.3 Å². The molecule has 3 aliphatic rings. The number of carbonyl (C=O) groups is 2. The summed E-state index contributed by atoms with van der Waals surface area (Å²) >= 11 is 6.29. The van der Waals surface area contributed by atoms with E-state index in [4.69, 9.17) is 31.6 Å². The molecule has 3 saturated carbocycles. The quantitative estimate of drug-likeness (QED) is 0.415. The molecule has 0 saturated heterocycles. The predicted octanol–water partition coefficient (Wildman–Crippen LogP) is 6.39. The third-order valence-corrected chi connectivity index (χ3v) is 7.06. The van der Waals surface area contributed by atoms with Crippen molar-refractivity contribution < 1.29 is 19.8 Å². The molecule has 33 heavy (non-hydrogen) atoms. The lowest BCUT2D eigenvalue weighted by molar-refractivity contribution is 0.0811. The van der Waals surface area contributed by atoms with Gasteiger partial charge in [-0.3, -0.25) is 4.79 Å². The van der Waals surface area contributed by atoms with Gasteiger partial charge in [0.2, 0.25) is 0 Å². The van der Waals surface area contributed by atoms with Crippen LogP contribution in [0, 0.1) is 18.8 Å². The van der Waals surface area contributed by atoms with Gasteiger partial charge >= 0.3 is 6.16 Å². The molecule has 1 atom stereocenters. The number of carbonyl (C=O) groups excluding carboxylic acids is 1. The van der Waals surface area contributed by atoms with Crippen molar-refractivity contribution in [2.45, 2.75) is 45.1 Å². The minimum absolute atomic E-state index is 0.00639. The number of benzene rings is 2. The van der Waals surface area contributed by atoms with Crippen LogP contribution >= 0.6 is 11.6 Å². The minimum Gasteiger partial charge on any atom is -0.450 e. The number of amides is 1. The molecule has 0 radical (unpaired) electrons. The van der Waals surface area contributed by atoms with Crippen molar-refractivity contribution in [2.75, 3.05) is 0 Å². The van der Waals surface area contributed by atoms with Crippen LogP contribution in [0.5, 0.6) is 0 Å². The standard InChI is InChI=1S/C25H25ClN2O.CH2O3/c1-15-23(25(29)28-22-13-16-7-9-17(22)10-8-16)20-14-19(26)11-12-21(20)27-24(15)18-5-3-2-4-6-18;2-1(3)4/h2-6,11-12,14,16-17,22H,7-10,13H2,1H3,(H,28,29);(H2,2,3,4). The summed E-state index contributed by atoms with van der Waals surface area (Å²) in [6.07, 6.45) is 4.41. The van der Waals surface area contributed by atoms with Gasteiger partial charge in [0.25, 0.3) is 5.91 Å². The first kappa shape index (κ1) is 23.1. The van der Waals surface area contributed by atoms with E-state index in [1.54, 1.807) is 0 Å². The van der Waals surface area contributed by atoms with E-state index in [1.165, 1.54) is 25.7 Å². The van der Waals surface area contributed by atoms with E-state index in [0.717, 1.165) is 40.1 Å². The molecule has 1 aromatic heterocycles. The smallest absolute Gasteiger partial charge is 0.450 e. The Balaban J connectivity index is 0.000000601. The lowest BCUT2D eigenvalue weighted by atomic mass is 9.68. The normalized spacial score (nSPS) is 21.2. The second-order valence-electron chi connectivity index (χ2n) is 8.87. The van der Waals surface area contributed by atoms with Crippen molar-refractivity contribution in [3.63, 3.8) is 0 Å². The van der Waals surface area contributed by atoms with E-state index in [0.29, 0.717) is 16.5 Å². The van der Waals surface area contributed by atoms with Crippen LogP contribution in [0.1, 0.15) is 48.0 Å². The van der Waals surface area contributed by atoms with Crippen LogP contribution in [0.25, 0.3) is 22.2 Å². The molecular weight excluding hydrogens is 440 g/mol. The van der Waals surface area contributed by atoms with Crippen molar-refractivity contribution in [3.05, 3.63) is 64.7 Å². The number of hydrogen-bond acceptors (Lipinski definition) is 3. The Kier molecular flexibility index (Phi) is 6.84. The molecule has 172 valence electrons. The molecule has 6 rings (SSSR count). The average molecular weight is 467 g/mol. The summed E-state index contributed by atoms with van der Waals surface area (Å²) in [5.74, 6) is 1.40. The molecule has 3 aliphatic carbocycles. The molecule has 3 aromatic rings. The summed E-state index contributed by atoms with van der Waals surface area (Å²) in [6.45, 7) is 2.00. The van der Waals surface area contributed by atoms with Gasteiger partial charge in [0.15, 0.2) is 0 Å². The lowest BCUT2D eigenvalue weighted by Gasteiger charge is -2.42. The van der Waals surface area contributed by atoms with Gasteiger partial charge in [-0.1, -0.05) is 54.8 Å². The largest absolute Gasteiger partial charge is 0.503 e. The fourth-order valence-electron chi connectivity index (χ4n) is 5.30. The number of aromatic nitrogens is 1. The zero-order valence-electron chi connectivity index (χ0n) is 18.4. The third kappa shape index (κ3) is 5.11. The van der Waals surface area contributed by atoms with Gasteiger partial charge in [0.1, 0.15) is 0 Å². The van der Waals surface area contributed by atoms with Gasteiger partial charge in [0, 0.05) is 22.0 Å². The fourth-order valence-corrected chi connectivity index (χ4v) is 5.47. The molecule has 2 aromatic carbocycles. The Hall–Kier alpha value is -3.12. The van der Waals surface area contributed by atoms with Gasteiger partial charge < -0.3 is 15.5 Å². The van der Waals surface area contributed by atoms with E-state index < -0.39 is 6.16 Å². The summed E-state index contributed by atoms with van der Waals surface area (Å²) in [5.41, 5.74) is 4.29. The second-order valence-corrected chi connectivity index (χ2v) is 9.30. The fraction of sp³-hybridized carbons (Fsp3) is 0.346. The summed E-state index contributed by atoms with van der Waals surface area (Å²) in [6, 6.07) is 16.0. The highest BCUT2D eigenvalue weighted by Gasteiger charge is 2.36. The number of nitrogens with zero attached hydrogens (tertiary/aromatic N) is 1. The number of fused-ring (bicyclic) bond motifs is 4. The monoisotopic (exact) mass is 466 g/mol. The van der Waals surface area contributed by atoms with Crippen LogP contribution in [0.3, 0.4) is 0 Å². The first-order valence-corrected chi connectivity index (χ1v) is 11.6. The van der Waals surface area contributed by atoms with Crippen LogP contribution in [-0.2, 0) is 0 Å². The van der Waals surface area contributed by atoms with E-state index in [2.05, 4.69) is 5.32 Å². The Bertz CT molecular complexity index is 1170. The molecule has 1 heterocycles. The zero-order valence-corrected chi connectivity index (χ0v) is 19.2. The van der Waals surface area contributed by atoms with Gasteiger partial charge in [-0.05, 0) is 61.8 Å². The molecule has 0 spiro atoms. The molecule has 6 nitrogen and oxygen atoms in total. The summed E-state index contributed by atoms with van der Waals surface area (Å²) in [7, 11) is 0. The molecule has 1 amide bonds. The lowest BCUT2D eigenvalue weighted by Crippen LogP contribution is -2.47. The van der Waals surface area contributed by atoms with Gasteiger partial charge in [0.05, 0.1) is 16.8 Å². The van der Waals surface area contributed by atoms with Gasteiger partial charge in [-0.2, -0.15) is 0 Å². The Morgan fingerprint density at radius 3 is 2.30 bits per heavy atom. The first-order chi connectivity index (χ1) is 15.8. The molecule has 2 bridgehead atoms. The van der Waals surface area contributed by atoms with Crippen molar-refractivity contribution in [1.29, 1.82) is 0 Å². The maximum Gasteiger partial charge on any atom is 0.503 e. The number of nitrogens with one attached hydrogen (secondary N) is 1. The third-order valence-electron chi connectivity index (χ3n) is 6.83. The minimum atomic E-state index is -1.83. The number of carboxylic acid groups (broad SMARTS) is 2. The summed E-state index contributed by atoms with van der Waals surface area (Å²) in [4.78, 5) is 27.0. The predicted molar refractivity (Wildman–Crippen MR) is 129 cm³/mol. The highest BCUT2D eigenvalue weighted by Crippen LogP contribution is 2.41. The first-order valence-electron chi connectivity index (χ1n) is 11.2. The maximum absolute atomic E-state index is 13.5. The van der Waals surface area contributed by atoms with Crippen molar-refractivity contribution >= 4 is 34.6 Å². The highest BCUT2D eigenvalue weighted by molar-refractivity contribution is 6.31. The maximum atomic E-state index is 13.5. The number of pyridine rings is 1. The second kappa shape index (κ2) is 9.79. The van der Waals surface area contributed by atoms with E-state index >= 15 is 0 Å². The summed E-state index contributed by atoms with van der Waals surface area (Å²) in [5, 5.41) is 18.8. The molecule has 3 fully saturated rings. The van der Waals surface area contributed by atoms with Crippen LogP contribution in [0.4, 0.5) is 4.79 Å². The molecular formula is C26H27ClN2O4. The van der Waals surface area contributed by atoms with E-state index in [1.807, 2.05) is 55.5 Å². The Morgan fingerprint density at radius 2 is 1.70 bits per heavy atom. The number of hydrogen-bond donors (Lipinski definition) is 3. The Morgan fingerprint density at radius 1 is 1.03 bits per heavy atom. The van der Waals surface area contributed by atoms with Crippen LogP contribution in [0.15, 0.2) is 48.5 Å². The zero-order chi connectivity index (χ0) is 23.5. The van der Waals surface area contributed by atoms with E-state index in [9.17, 15) is 4.79 Å². The number of rotatable bonds is 3. The molecule has 3 N–H and O–H groups in total. The molecule has 0 aliphatic heterocycles. The number of halogens is 1. The molecule has 1 unspecified atom stereocenters. The topological polar surface area (TPSA) is 99.5 Å². The van der Waals surface area contributed by atoms with Crippen molar-refractivity contribution in [1.82, 2.24) is 10.3 Å². The van der Waals surface area contributed by atoms with Crippen molar-refractivity contribution in [2.24, 2.45) is 11.8 Å². The van der Waals surface area contributed by atoms with Crippen LogP contribution < -0.4 is 5.32 Å². The van der Waals surface area contributed by atoms with Gasteiger partial charge in [-0.25, -0.2) is 9.78 Å². The van der Waals surface area contributed by atoms with Crippen molar-refractivity contribution in [3.8, 4) is 11.3 Å². The van der Waals surface area contributed by atoms with E-state index in [-0.39, 0.29) is 11.9 Å². The highest BCUT2D eigenvalue weighted by atomic mass is 35.5. The van der Waals surface area contributed by atoms with Crippen LogP contribution in [0.2, 0.25) is 5.02 Å². The van der Waals surface area contributed by atoms with Gasteiger partial charge in [-0.15, -0.1) is 0 Å². The Labute approximate surface area is 197 Å². The molecule has 7 heteroatoms. The SMILES string of the molecule is Cc1c(-c2ccccc2)nc2ccc(Cl)cc2c1C(=O)NC1CC2CCC1CC2.O=C(O)O. The summed E-state index contributed by atoms with van der Waals surface area (Å²) < 4.78 is 0.